The van der Waals surface area contributed by atoms with E-state index in [2.05, 4.69) is 15.6 Å². The Kier molecular flexibility index (Phi) is 6.94. The normalized spacial score (nSPS) is 13.1. The molecule has 8 nitrogen and oxygen atoms in total. The molecule has 0 fully saturated rings. The minimum Gasteiger partial charge on any atom is -0.341 e. The summed E-state index contributed by atoms with van der Waals surface area (Å²) in [6, 6.07) is 11.3. The van der Waals surface area contributed by atoms with Crippen molar-refractivity contribution in [1.82, 2.24) is 20.3 Å². The highest BCUT2D eigenvalue weighted by molar-refractivity contribution is 7.86. The van der Waals surface area contributed by atoms with Crippen molar-refractivity contribution < 1.29 is 17.8 Å². The van der Waals surface area contributed by atoms with Crippen molar-refractivity contribution in [2.75, 3.05) is 0 Å². The summed E-state index contributed by atoms with van der Waals surface area (Å²) in [5.41, 5.74) is 1.14. The molecule has 11 heteroatoms. The van der Waals surface area contributed by atoms with Crippen LogP contribution < -0.4 is 5.32 Å². The van der Waals surface area contributed by atoms with Crippen molar-refractivity contribution in [3.63, 3.8) is 0 Å². The molecule has 170 valence electrons. The molecule has 0 aliphatic heterocycles. The Hall–Kier alpha value is -2.46. The third kappa shape index (κ3) is 5.86. The summed E-state index contributed by atoms with van der Waals surface area (Å²) in [5.74, 6) is -0.413. The monoisotopic (exact) mass is 496 g/mol. The quantitative estimate of drug-likeness (QED) is 0.474. The molecule has 1 aromatic heterocycles. The fourth-order valence-electron chi connectivity index (χ4n) is 3.10. The Bertz CT molecular complexity index is 1220. The maximum absolute atomic E-state index is 12.7. The molecule has 0 saturated carbocycles. The second-order valence-electron chi connectivity index (χ2n) is 7.98. The third-order valence-corrected chi connectivity index (χ3v) is 6.47. The average molecular weight is 497 g/mol. The van der Waals surface area contributed by atoms with Crippen LogP contribution >= 0.6 is 23.2 Å². The first kappa shape index (κ1) is 24.2. The van der Waals surface area contributed by atoms with E-state index in [-0.39, 0.29) is 12.1 Å². The lowest BCUT2D eigenvalue weighted by atomic mass is 10.0. The number of benzene rings is 2. The van der Waals surface area contributed by atoms with Gasteiger partial charge in [-0.2, -0.15) is 8.42 Å². The van der Waals surface area contributed by atoms with Crippen LogP contribution in [0.2, 0.25) is 10.0 Å². The first-order chi connectivity index (χ1) is 14.8. The van der Waals surface area contributed by atoms with Gasteiger partial charge in [-0.25, -0.2) is 0 Å². The van der Waals surface area contributed by atoms with Crippen molar-refractivity contribution in [2.45, 2.75) is 38.1 Å². The summed E-state index contributed by atoms with van der Waals surface area (Å²) in [5, 5.41) is 10.4. The van der Waals surface area contributed by atoms with Crippen LogP contribution in [-0.2, 0) is 22.2 Å². The molecular weight excluding hydrogens is 475 g/mol. The van der Waals surface area contributed by atoms with Crippen LogP contribution in [0.15, 0.2) is 48.7 Å². The van der Waals surface area contributed by atoms with Crippen molar-refractivity contribution in [3.8, 4) is 0 Å². The summed E-state index contributed by atoms with van der Waals surface area (Å²) in [4.78, 5) is 12.7. The minimum atomic E-state index is -4.40. The van der Waals surface area contributed by atoms with Crippen LogP contribution in [0.4, 0.5) is 0 Å². The lowest BCUT2D eigenvalue weighted by Gasteiger charge is -2.24. The molecule has 1 atom stereocenters. The predicted molar refractivity (Wildman–Crippen MR) is 122 cm³/mol. The van der Waals surface area contributed by atoms with Gasteiger partial charge in [0.1, 0.15) is 10.9 Å². The van der Waals surface area contributed by atoms with E-state index in [9.17, 15) is 17.8 Å². The van der Waals surface area contributed by atoms with E-state index in [0.29, 0.717) is 21.3 Å². The van der Waals surface area contributed by atoms with E-state index in [1.807, 2.05) is 6.92 Å². The molecular formula is C21H22Cl2N4O4S. The fourth-order valence-corrected chi connectivity index (χ4v) is 4.47. The summed E-state index contributed by atoms with van der Waals surface area (Å²) < 4.78 is 35.1. The number of carbonyl (C=O) groups excluding carboxylic acids is 1. The summed E-state index contributed by atoms with van der Waals surface area (Å²) >= 11 is 11.9. The second kappa shape index (κ2) is 9.19. The molecule has 0 aliphatic rings. The number of amides is 1. The highest BCUT2D eigenvalue weighted by atomic mass is 35.5. The highest BCUT2D eigenvalue weighted by Gasteiger charge is 2.30. The molecule has 0 radical (unpaired) electrons. The van der Waals surface area contributed by atoms with Crippen molar-refractivity contribution in [2.24, 2.45) is 0 Å². The summed E-state index contributed by atoms with van der Waals surface area (Å²) in [6.45, 7) is 5.18. The van der Waals surface area contributed by atoms with E-state index in [0.717, 1.165) is 5.56 Å². The van der Waals surface area contributed by atoms with Gasteiger partial charge in [0.2, 0.25) is 0 Å². The molecule has 0 spiro atoms. The van der Waals surface area contributed by atoms with Crippen LogP contribution in [-0.4, -0.2) is 33.9 Å². The lowest BCUT2D eigenvalue weighted by molar-refractivity contribution is 0.0910. The topological polar surface area (TPSA) is 114 Å². The van der Waals surface area contributed by atoms with E-state index < -0.39 is 26.8 Å². The smallest absolute Gasteiger partial charge is 0.273 e. The number of hydrogen-bond donors (Lipinski definition) is 2. The van der Waals surface area contributed by atoms with Crippen LogP contribution in [0.1, 0.15) is 46.3 Å². The maximum Gasteiger partial charge on any atom is 0.273 e. The molecule has 3 rings (SSSR count). The zero-order valence-corrected chi connectivity index (χ0v) is 19.9. The zero-order valence-electron chi connectivity index (χ0n) is 17.6. The Balaban J connectivity index is 1.81. The molecule has 0 aliphatic carbocycles. The molecule has 1 heterocycles. The van der Waals surface area contributed by atoms with Gasteiger partial charge in [-0.1, -0.05) is 58.2 Å². The molecule has 0 saturated heterocycles. The van der Waals surface area contributed by atoms with Gasteiger partial charge in [0.05, 0.1) is 18.3 Å². The molecule has 1 amide bonds. The Labute approximate surface area is 196 Å². The van der Waals surface area contributed by atoms with Gasteiger partial charge in [-0.05, 0) is 44.5 Å². The molecule has 2 N–H and O–H groups in total. The van der Waals surface area contributed by atoms with Crippen molar-refractivity contribution in [3.05, 3.63) is 81.1 Å². The SMILES string of the molecule is Cc1ccc(C(Cn2cc(C(C)(C)NC(=O)c3cc(Cl)cc(Cl)c3)nn2)S(=O)(=O)O)cc1. The first-order valence-corrected chi connectivity index (χ1v) is 11.8. The molecule has 0 bridgehead atoms. The molecule has 3 aromatic rings. The van der Waals surface area contributed by atoms with Crippen molar-refractivity contribution in [1.29, 1.82) is 0 Å². The number of halogens is 2. The number of hydrogen-bond acceptors (Lipinski definition) is 5. The first-order valence-electron chi connectivity index (χ1n) is 9.57. The zero-order chi connectivity index (χ0) is 23.7. The average Bonchev–Trinajstić information content (AvgIpc) is 3.15. The van der Waals surface area contributed by atoms with Crippen LogP contribution in [0.3, 0.4) is 0 Å². The van der Waals surface area contributed by atoms with Gasteiger partial charge in [0.15, 0.2) is 0 Å². The standard InChI is InChI=1S/C21H22Cl2N4O4S/c1-13-4-6-14(7-5-13)18(32(29,30)31)11-27-12-19(25-26-27)21(2,3)24-20(28)15-8-16(22)10-17(23)9-15/h4-10,12,18H,11H2,1-3H3,(H,24,28)(H,29,30,31). The van der Waals surface area contributed by atoms with Crippen LogP contribution in [0.5, 0.6) is 0 Å². The van der Waals surface area contributed by atoms with Crippen molar-refractivity contribution >= 4 is 39.2 Å². The number of aryl methyl sites for hydroxylation is 1. The van der Waals surface area contributed by atoms with Gasteiger partial charge in [-0.3, -0.25) is 14.0 Å². The third-order valence-electron chi connectivity index (χ3n) is 4.89. The summed E-state index contributed by atoms with van der Waals surface area (Å²) in [7, 11) is -4.40. The van der Waals surface area contributed by atoms with E-state index in [4.69, 9.17) is 23.2 Å². The molecule has 1 unspecified atom stereocenters. The predicted octanol–water partition coefficient (Wildman–Crippen LogP) is 4.19. The van der Waals surface area contributed by atoms with Gasteiger partial charge in [0, 0.05) is 15.6 Å². The van der Waals surface area contributed by atoms with Crippen LogP contribution in [0, 0.1) is 6.92 Å². The molecule has 32 heavy (non-hydrogen) atoms. The van der Waals surface area contributed by atoms with E-state index in [1.54, 1.807) is 38.1 Å². The van der Waals surface area contributed by atoms with Gasteiger partial charge < -0.3 is 5.32 Å². The largest absolute Gasteiger partial charge is 0.341 e. The Morgan fingerprint density at radius 2 is 1.75 bits per heavy atom. The maximum atomic E-state index is 12.7. The number of nitrogens with zero attached hydrogens (tertiary/aromatic N) is 3. The number of aromatic nitrogens is 3. The number of rotatable bonds is 7. The molecule has 2 aromatic carbocycles. The van der Waals surface area contributed by atoms with Crippen LogP contribution in [0.25, 0.3) is 0 Å². The number of carbonyl (C=O) groups is 1. The van der Waals surface area contributed by atoms with Gasteiger partial charge >= 0.3 is 0 Å². The Morgan fingerprint density at radius 3 is 2.31 bits per heavy atom. The highest BCUT2D eigenvalue weighted by Crippen LogP contribution is 2.26. The second-order valence-corrected chi connectivity index (χ2v) is 10.4. The number of nitrogens with one attached hydrogen (secondary N) is 1. The van der Waals surface area contributed by atoms with Gasteiger partial charge in [0.25, 0.3) is 16.0 Å². The summed E-state index contributed by atoms with van der Waals surface area (Å²) in [6.07, 6.45) is 1.53. The van der Waals surface area contributed by atoms with Gasteiger partial charge in [-0.15, -0.1) is 5.10 Å². The minimum absolute atomic E-state index is 0.150. The fraction of sp³-hybridized carbons (Fsp3) is 0.286. The van der Waals surface area contributed by atoms with E-state index >= 15 is 0 Å². The lowest BCUT2D eigenvalue weighted by Crippen LogP contribution is -2.41. The Morgan fingerprint density at radius 1 is 1.16 bits per heavy atom. The van der Waals surface area contributed by atoms with E-state index in [1.165, 1.54) is 29.1 Å².